The van der Waals surface area contributed by atoms with Crippen LogP contribution in [-0.2, 0) is 9.47 Å². The smallest absolute Gasteiger partial charge is 0.410 e. The Bertz CT molecular complexity index is 1130. The molecule has 1 saturated heterocycles. The summed E-state index contributed by atoms with van der Waals surface area (Å²) >= 11 is 0. The Morgan fingerprint density at radius 3 is 1.98 bits per heavy atom. The van der Waals surface area contributed by atoms with E-state index in [9.17, 15) is 9.59 Å². The van der Waals surface area contributed by atoms with Gasteiger partial charge in [-0.15, -0.1) is 0 Å². The molecule has 266 valence electrons. The molecule has 1 aliphatic heterocycles. The molecular formula is C35H62N8O4. The van der Waals surface area contributed by atoms with Crippen molar-refractivity contribution in [3.63, 3.8) is 0 Å². The van der Waals surface area contributed by atoms with Crippen molar-refractivity contribution >= 4 is 29.8 Å². The lowest BCUT2D eigenvalue weighted by atomic mass is 9.83. The number of anilines is 3. The van der Waals surface area contributed by atoms with Crippen molar-refractivity contribution in [3.05, 3.63) is 6.07 Å². The minimum atomic E-state index is -0.573. The molecule has 2 heterocycles. The molecule has 2 saturated carbocycles. The third-order valence-corrected chi connectivity index (χ3v) is 9.34. The number of hydrogen-bond donors (Lipinski definition) is 3. The first-order valence-electron chi connectivity index (χ1n) is 18.1. The van der Waals surface area contributed by atoms with E-state index in [1.54, 1.807) is 0 Å². The van der Waals surface area contributed by atoms with Gasteiger partial charge < -0.3 is 40.5 Å². The predicted molar refractivity (Wildman–Crippen MR) is 188 cm³/mol. The zero-order valence-electron chi connectivity index (χ0n) is 30.0. The van der Waals surface area contributed by atoms with Crippen LogP contribution in [0.1, 0.15) is 112 Å². The molecule has 1 aromatic rings. The molecule has 0 aromatic carbocycles. The van der Waals surface area contributed by atoms with Crippen LogP contribution in [-0.4, -0.2) is 101 Å². The van der Waals surface area contributed by atoms with Crippen LogP contribution in [0.5, 0.6) is 0 Å². The average molecular weight is 659 g/mol. The van der Waals surface area contributed by atoms with Crippen molar-refractivity contribution in [2.45, 2.75) is 135 Å². The predicted octanol–water partition coefficient (Wildman–Crippen LogP) is 6.03. The third kappa shape index (κ3) is 12.2. The number of piperazine rings is 1. The van der Waals surface area contributed by atoms with Crippen molar-refractivity contribution in [1.29, 1.82) is 0 Å². The van der Waals surface area contributed by atoms with Crippen LogP contribution in [0.2, 0.25) is 0 Å². The Morgan fingerprint density at radius 1 is 0.872 bits per heavy atom. The molecule has 12 heteroatoms. The molecule has 1 aromatic heterocycles. The first kappa shape index (κ1) is 36.8. The maximum atomic E-state index is 13.5. The largest absolute Gasteiger partial charge is 0.444 e. The van der Waals surface area contributed by atoms with E-state index >= 15 is 0 Å². The molecule has 4 N–H and O–H groups in total. The minimum absolute atomic E-state index is 0.123. The highest BCUT2D eigenvalue weighted by molar-refractivity contribution is 5.69. The molecule has 12 nitrogen and oxygen atoms in total. The molecule has 4 rings (SSSR count). The summed E-state index contributed by atoms with van der Waals surface area (Å²) in [6, 6.07) is 2.17. The molecule has 0 radical (unpaired) electrons. The van der Waals surface area contributed by atoms with E-state index in [4.69, 9.17) is 20.2 Å². The minimum Gasteiger partial charge on any atom is -0.444 e. The molecule has 0 bridgehead atoms. The summed E-state index contributed by atoms with van der Waals surface area (Å²) in [5.74, 6) is 2.49. The molecule has 0 unspecified atom stereocenters. The Kier molecular flexibility index (Phi) is 13.2. The number of amides is 2. The van der Waals surface area contributed by atoms with Gasteiger partial charge in [-0.2, -0.15) is 9.97 Å². The second-order valence-electron chi connectivity index (χ2n) is 15.6. The van der Waals surface area contributed by atoms with Gasteiger partial charge in [0.15, 0.2) is 0 Å². The number of nitrogens with two attached hydrogens (primary N) is 1. The maximum Gasteiger partial charge on any atom is 0.410 e. The van der Waals surface area contributed by atoms with Crippen molar-refractivity contribution in [1.82, 2.24) is 25.1 Å². The highest BCUT2D eigenvalue weighted by Gasteiger charge is 2.33. The normalized spacial score (nSPS) is 21.2. The van der Waals surface area contributed by atoms with Gasteiger partial charge in [-0.3, -0.25) is 0 Å². The quantitative estimate of drug-likeness (QED) is 0.259. The first-order chi connectivity index (χ1) is 22.3. The van der Waals surface area contributed by atoms with Gasteiger partial charge in [0.25, 0.3) is 0 Å². The van der Waals surface area contributed by atoms with Gasteiger partial charge in [0, 0.05) is 64.0 Å². The lowest BCUT2D eigenvalue weighted by molar-refractivity contribution is 0.00449. The molecule has 3 aliphatic rings. The highest BCUT2D eigenvalue weighted by atomic mass is 16.6. The van der Waals surface area contributed by atoms with Crippen LogP contribution in [0.15, 0.2) is 6.07 Å². The van der Waals surface area contributed by atoms with E-state index in [-0.39, 0.29) is 24.3 Å². The van der Waals surface area contributed by atoms with Crippen LogP contribution in [0.3, 0.4) is 0 Å². The summed E-state index contributed by atoms with van der Waals surface area (Å²) in [4.78, 5) is 42.0. The number of ether oxygens (including phenoxy) is 2. The number of nitrogens with one attached hydrogen (secondary N) is 2. The molecule has 47 heavy (non-hydrogen) atoms. The van der Waals surface area contributed by atoms with Crippen LogP contribution in [0.4, 0.5) is 27.2 Å². The van der Waals surface area contributed by atoms with Gasteiger partial charge in [-0.1, -0.05) is 19.3 Å². The van der Waals surface area contributed by atoms with E-state index in [0.717, 1.165) is 96.3 Å². The lowest BCUT2D eigenvalue weighted by Crippen LogP contribution is -2.48. The van der Waals surface area contributed by atoms with Gasteiger partial charge in [-0.05, 0) is 98.8 Å². The Labute approximate surface area is 282 Å². The number of hydrogen-bond acceptors (Lipinski definition) is 10. The fraction of sp³-hybridized carbons (Fsp3) is 0.829. The van der Waals surface area contributed by atoms with Crippen LogP contribution in [0.25, 0.3) is 0 Å². The monoisotopic (exact) mass is 658 g/mol. The fourth-order valence-electron chi connectivity index (χ4n) is 7.01. The van der Waals surface area contributed by atoms with Gasteiger partial charge in [0.05, 0.1) is 0 Å². The first-order valence-corrected chi connectivity index (χ1v) is 18.1. The van der Waals surface area contributed by atoms with E-state index < -0.39 is 11.2 Å². The lowest BCUT2D eigenvalue weighted by Gasteiger charge is -2.39. The SMILES string of the molecule is CC(C)(C)OC(=O)N(CCCN(C(=O)OC(C)(C)C)C1CCC(CCNc2nc(N)cc(N3CCNCC3)n2)CC1)C1CCCCC1. The van der Waals surface area contributed by atoms with Gasteiger partial charge in [-0.25, -0.2) is 9.59 Å². The van der Waals surface area contributed by atoms with Crippen LogP contribution < -0.4 is 21.3 Å². The summed E-state index contributed by atoms with van der Waals surface area (Å²) in [6.45, 7) is 17.1. The standard InChI is InChI=1S/C35H62N8O4/c1-34(2,3)46-32(44)42(27-11-8-7-9-12-27)21-10-22-43(33(45)47-35(4,5)6)28-15-13-26(14-16-28)17-18-38-31-39-29(36)25-30(40-31)41-23-19-37-20-24-41/h25-28,37H,7-24H2,1-6H3,(H3,36,38,39,40). The van der Waals surface area contributed by atoms with E-state index in [0.29, 0.717) is 37.2 Å². The van der Waals surface area contributed by atoms with Crippen molar-refractivity contribution < 1.29 is 19.1 Å². The van der Waals surface area contributed by atoms with Crippen molar-refractivity contribution in [2.24, 2.45) is 5.92 Å². The number of aromatic nitrogens is 2. The second kappa shape index (κ2) is 16.9. The van der Waals surface area contributed by atoms with Crippen molar-refractivity contribution in [2.75, 3.05) is 61.8 Å². The summed E-state index contributed by atoms with van der Waals surface area (Å²) in [7, 11) is 0. The topological polar surface area (TPSA) is 138 Å². The van der Waals surface area contributed by atoms with E-state index in [1.165, 1.54) is 6.42 Å². The number of carbonyl (C=O) groups excluding carboxylic acids is 2. The Morgan fingerprint density at radius 2 is 1.43 bits per heavy atom. The Hall–Kier alpha value is -3.02. The summed E-state index contributed by atoms with van der Waals surface area (Å²) in [5.41, 5.74) is 4.99. The number of nitrogens with zero attached hydrogens (tertiary/aromatic N) is 5. The average Bonchev–Trinajstić information content (AvgIpc) is 3.00. The van der Waals surface area contributed by atoms with E-state index in [2.05, 4.69) is 20.5 Å². The van der Waals surface area contributed by atoms with Gasteiger partial charge in [0.1, 0.15) is 22.8 Å². The highest BCUT2D eigenvalue weighted by Crippen LogP contribution is 2.31. The molecule has 3 fully saturated rings. The summed E-state index contributed by atoms with van der Waals surface area (Å²) in [6.07, 6.45) is 10.7. The molecule has 2 amide bonds. The van der Waals surface area contributed by atoms with Gasteiger partial charge in [0.2, 0.25) is 5.95 Å². The molecule has 0 atom stereocenters. The summed E-state index contributed by atoms with van der Waals surface area (Å²) in [5, 5.41) is 6.78. The van der Waals surface area contributed by atoms with Crippen LogP contribution in [0, 0.1) is 5.92 Å². The number of nitrogen functional groups attached to an aromatic ring is 1. The summed E-state index contributed by atoms with van der Waals surface area (Å²) < 4.78 is 11.7. The zero-order valence-corrected chi connectivity index (χ0v) is 30.0. The zero-order chi connectivity index (χ0) is 34.0. The fourth-order valence-corrected chi connectivity index (χ4v) is 7.01. The van der Waals surface area contributed by atoms with Crippen molar-refractivity contribution in [3.8, 4) is 0 Å². The molecule has 2 aliphatic carbocycles. The van der Waals surface area contributed by atoms with Crippen LogP contribution >= 0.6 is 0 Å². The Balaban J connectivity index is 1.30. The number of rotatable bonds is 11. The second-order valence-corrected chi connectivity index (χ2v) is 15.6. The molecular weight excluding hydrogens is 596 g/mol. The van der Waals surface area contributed by atoms with Gasteiger partial charge >= 0.3 is 12.2 Å². The van der Waals surface area contributed by atoms with E-state index in [1.807, 2.05) is 57.4 Å². The number of carbonyl (C=O) groups is 2. The maximum absolute atomic E-state index is 13.5. The third-order valence-electron chi connectivity index (χ3n) is 9.34. The molecule has 0 spiro atoms.